The number of aliphatic hydroxyl groups excluding tert-OH is 1. The number of amides is 1. The summed E-state index contributed by atoms with van der Waals surface area (Å²) in [5.41, 5.74) is 6.46. The third-order valence-corrected chi connectivity index (χ3v) is 7.53. The van der Waals surface area contributed by atoms with Crippen LogP contribution in [0.4, 0.5) is 4.39 Å². The Hall–Kier alpha value is -4.53. The molecule has 0 spiro atoms. The lowest BCUT2D eigenvalue weighted by Gasteiger charge is -2.21. The first-order valence-electron chi connectivity index (χ1n) is 13.5. The lowest BCUT2D eigenvalue weighted by molar-refractivity contribution is -0.132. The highest BCUT2D eigenvalue weighted by atomic mass is 35.5. The van der Waals surface area contributed by atoms with Crippen LogP contribution in [0.2, 0.25) is 5.02 Å². The van der Waals surface area contributed by atoms with E-state index in [-0.39, 0.29) is 25.1 Å². The Morgan fingerprint density at radius 1 is 1.14 bits per heavy atom. The molecule has 1 aliphatic rings. The highest BCUT2D eigenvalue weighted by Gasteiger charge is 2.28. The molecule has 2 atom stereocenters. The van der Waals surface area contributed by atoms with Gasteiger partial charge >= 0.3 is 0 Å². The number of aromatic nitrogens is 1. The molecule has 9 nitrogen and oxygen atoms in total. The maximum absolute atomic E-state index is 14.6. The molecule has 0 radical (unpaired) electrons. The lowest BCUT2D eigenvalue weighted by atomic mass is 9.96. The summed E-state index contributed by atoms with van der Waals surface area (Å²) in [4.78, 5) is 15.9. The Balaban J connectivity index is 1.43. The maximum atomic E-state index is 14.6. The predicted molar refractivity (Wildman–Crippen MR) is 156 cm³/mol. The largest absolute Gasteiger partial charge is 0.488 e. The van der Waals surface area contributed by atoms with Gasteiger partial charge in [0.05, 0.1) is 17.2 Å². The van der Waals surface area contributed by atoms with E-state index in [0.717, 1.165) is 16.7 Å². The summed E-state index contributed by atoms with van der Waals surface area (Å²) in [5, 5.41) is 30.9. The molecule has 5 rings (SSSR count). The smallest absolute Gasteiger partial charge is 0.262 e. The van der Waals surface area contributed by atoms with Gasteiger partial charge in [-0.15, -0.1) is 0 Å². The summed E-state index contributed by atoms with van der Waals surface area (Å²) in [6.07, 6.45) is 4.07. The molecule has 11 heteroatoms. The first-order chi connectivity index (χ1) is 20.9. The Kier molecular flexibility index (Phi) is 9.49. The number of benzene rings is 3. The Labute approximate surface area is 252 Å². The van der Waals surface area contributed by atoms with Gasteiger partial charge in [0.25, 0.3) is 5.91 Å². The third-order valence-electron chi connectivity index (χ3n) is 7.23. The standard InChI is InChI=1S/C32H28ClFN4O5/c33-26-11-21(16-37-28(17-39)32(40)38-41)30(42-18-20-10-19(13-35)14-36-15-20)12-31(26)43-29-9-8-23-22(5-3-6-25(23)29)24-4-1-2-7-27(24)34/h1-7,10-12,14-15,28-29,37,39,41H,8-9,16-18H2,(H,38,40)/t28?,29-/m0/s1. The van der Waals surface area contributed by atoms with Crippen LogP contribution in [-0.2, 0) is 24.4 Å². The Morgan fingerprint density at radius 3 is 2.72 bits per heavy atom. The van der Waals surface area contributed by atoms with Gasteiger partial charge in [-0.3, -0.25) is 20.3 Å². The molecule has 1 unspecified atom stereocenters. The van der Waals surface area contributed by atoms with Crippen molar-refractivity contribution in [1.82, 2.24) is 15.8 Å². The second-order valence-corrected chi connectivity index (χ2v) is 10.4. The summed E-state index contributed by atoms with van der Waals surface area (Å²) >= 11 is 6.68. The molecular weight excluding hydrogens is 575 g/mol. The normalized spacial score (nSPS) is 14.4. The van der Waals surface area contributed by atoms with Crippen molar-refractivity contribution < 1.29 is 29.0 Å². The summed E-state index contributed by atoms with van der Waals surface area (Å²) in [6, 6.07) is 18.4. The number of rotatable bonds is 11. The van der Waals surface area contributed by atoms with Crippen LogP contribution in [0.5, 0.6) is 11.5 Å². The van der Waals surface area contributed by atoms with Crippen LogP contribution in [0, 0.1) is 17.1 Å². The second-order valence-electron chi connectivity index (χ2n) is 9.96. The SMILES string of the molecule is N#Cc1cncc(COc2cc(O[C@H]3CCc4c(-c5ccccc5F)cccc43)c(Cl)cc2CNC(CO)C(=O)NO)c1. The van der Waals surface area contributed by atoms with Gasteiger partial charge in [-0.1, -0.05) is 48.0 Å². The number of carbonyl (C=O) groups excluding carboxylic acids is 1. The van der Waals surface area contributed by atoms with Crippen molar-refractivity contribution >= 4 is 17.5 Å². The molecule has 1 aliphatic carbocycles. The minimum atomic E-state index is -1.08. The quantitative estimate of drug-likeness (QED) is 0.139. The fourth-order valence-electron chi connectivity index (χ4n) is 5.10. The summed E-state index contributed by atoms with van der Waals surface area (Å²) in [5.74, 6) is -0.339. The van der Waals surface area contributed by atoms with E-state index < -0.39 is 18.6 Å². The number of aliphatic hydroxyl groups is 1. The van der Waals surface area contributed by atoms with Crippen LogP contribution in [0.3, 0.4) is 0 Å². The van der Waals surface area contributed by atoms with Crippen molar-refractivity contribution in [3.8, 4) is 28.7 Å². The molecule has 3 aromatic carbocycles. The number of nitrogens with zero attached hydrogens (tertiary/aromatic N) is 2. The van der Waals surface area contributed by atoms with E-state index in [1.807, 2.05) is 30.3 Å². The summed E-state index contributed by atoms with van der Waals surface area (Å²) in [7, 11) is 0. The number of pyridine rings is 1. The molecule has 1 aromatic heterocycles. The lowest BCUT2D eigenvalue weighted by Crippen LogP contribution is -2.45. The number of nitriles is 1. The van der Waals surface area contributed by atoms with E-state index in [1.165, 1.54) is 17.7 Å². The summed E-state index contributed by atoms with van der Waals surface area (Å²) in [6.45, 7) is -0.418. The van der Waals surface area contributed by atoms with E-state index in [9.17, 15) is 19.6 Å². The first kappa shape index (κ1) is 29.9. The van der Waals surface area contributed by atoms with Crippen LogP contribution in [0.15, 0.2) is 73.1 Å². The number of halogens is 2. The third kappa shape index (κ3) is 6.77. The van der Waals surface area contributed by atoms with Crippen molar-refractivity contribution in [2.24, 2.45) is 0 Å². The van der Waals surface area contributed by atoms with E-state index in [0.29, 0.717) is 51.6 Å². The number of carbonyl (C=O) groups is 1. The second kappa shape index (κ2) is 13.6. The minimum absolute atomic E-state index is 0.0583. The van der Waals surface area contributed by atoms with Crippen molar-refractivity contribution in [2.45, 2.75) is 38.1 Å². The van der Waals surface area contributed by atoms with E-state index in [2.05, 4.69) is 10.3 Å². The Morgan fingerprint density at radius 2 is 1.95 bits per heavy atom. The van der Waals surface area contributed by atoms with Gasteiger partial charge in [-0.25, -0.2) is 9.87 Å². The van der Waals surface area contributed by atoms with Gasteiger partial charge in [-0.05, 0) is 47.7 Å². The Bertz CT molecular complexity index is 1680. The molecule has 0 saturated carbocycles. The molecule has 4 aromatic rings. The molecule has 0 bridgehead atoms. The fourth-order valence-corrected chi connectivity index (χ4v) is 5.33. The first-order valence-corrected chi connectivity index (χ1v) is 13.9. The van der Waals surface area contributed by atoms with Crippen molar-refractivity contribution in [3.63, 3.8) is 0 Å². The monoisotopic (exact) mass is 602 g/mol. The number of nitrogens with one attached hydrogen (secondary N) is 2. The predicted octanol–water partition coefficient (Wildman–Crippen LogP) is 5.01. The molecule has 0 fully saturated rings. The topological polar surface area (TPSA) is 137 Å². The average Bonchev–Trinajstić information content (AvgIpc) is 3.44. The zero-order valence-corrected chi connectivity index (χ0v) is 23.6. The van der Waals surface area contributed by atoms with Gasteiger partial charge in [0.1, 0.15) is 42.1 Å². The fraction of sp³-hybridized carbons (Fsp3) is 0.219. The van der Waals surface area contributed by atoms with Gasteiger partial charge in [0.15, 0.2) is 0 Å². The number of hydroxylamine groups is 1. The average molecular weight is 603 g/mol. The molecule has 0 aliphatic heterocycles. The van der Waals surface area contributed by atoms with Gasteiger partial charge < -0.3 is 14.6 Å². The van der Waals surface area contributed by atoms with Crippen molar-refractivity contribution in [3.05, 3.63) is 112 Å². The molecule has 0 saturated heterocycles. The van der Waals surface area contributed by atoms with Crippen LogP contribution >= 0.6 is 11.6 Å². The zero-order valence-electron chi connectivity index (χ0n) is 22.9. The van der Waals surface area contributed by atoms with Gasteiger partial charge in [0.2, 0.25) is 0 Å². The number of fused-ring (bicyclic) bond motifs is 1. The van der Waals surface area contributed by atoms with Gasteiger partial charge in [-0.2, -0.15) is 5.26 Å². The van der Waals surface area contributed by atoms with Gasteiger partial charge in [0, 0.05) is 41.7 Å². The highest BCUT2D eigenvalue weighted by molar-refractivity contribution is 6.32. The number of ether oxygens (including phenoxy) is 2. The van der Waals surface area contributed by atoms with Crippen LogP contribution < -0.4 is 20.3 Å². The van der Waals surface area contributed by atoms with E-state index in [4.69, 9.17) is 26.3 Å². The van der Waals surface area contributed by atoms with Crippen LogP contribution in [0.1, 0.15) is 40.3 Å². The number of hydrogen-bond donors (Lipinski definition) is 4. The van der Waals surface area contributed by atoms with Crippen molar-refractivity contribution in [1.29, 1.82) is 5.26 Å². The molecule has 1 heterocycles. The van der Waals surface area contributed by atoms with Crippen molar-refractivity contribution in [2.75, 3.05) is 6.61 Å². The van der Waals surface area contributed by atoms with E-state index >= 15 is 0 Å². The van der Waals surface area contributed by atoms with Crippen LogP contribution in [0.25, 0.3) is 11.1 Å². The molecular formula is C32H28ClFN4O5. The maximum Gasteiger partial charge on any atom is 0.262 e. The molecule has 4 N–H and O–H groups in total. The minimum Gasteiger partial charge on any atom is -0.488 e. The zero-order chi connectivity index (χ0) is 30.3. The molecule has 220 valence electrons. The van der Waals surface area contributed by atoms with Crippen LogP contribution in [-0.4, -0.2) is 33.9 Å². The molecule has 43 heavy (non-hydrogen) atoms. The highest BCUT2D eigenvalue weighted by Crippen LogP contribution is 2.43. The summed E-state index contributed by atoms with van der Waals surface area (Å²) < 4.78 is 27.2. The van der Waals surface area contributed by atoms with E-state index in [1.54, 1.807) is 36.5 Å². The molecule has 1 amide bonds. The number of hydrogen-bond acceptors (Lipinski definition) is 8.